The predicted molar refractivity (Wildman–Crippen MR) is 119 cm³/mol. The Kier molecular flexibility index (Phi) is 5.22. The molecule has 7 heteroatoms. The SMILES string of the molecule is C=CCC1(SNc2c(Nc3ccc(C)cc3F)c(C)c(=O)n3c2SCC3)CC1. The number of thioether (sulfide) groups is 1. The van der Waals surface area contributed by atoms with Gasteiger partial charge in [-0.1, -0.05) is 12.1 Å². The first-order chi connectivity index (χ1) is 13.4. The molecule has 148 valence electrons. The van der Waals surface area contributed by atoms with E-state index in [2.05, 4.69) is 16.6 Å². The van der Waals surface area contributed by atoms with Crippen LogP contribution in [0.1, 0.15) is 30.4 Å². The Bertz CT molecular complexity index is 998. The van der Waals surface area contributed by atoms with Crippen LogP contribution < -0.4 is 15.6 Å². The van der Waals surface area contributed by atoms with Gasteiger partial charge in [0.05, 0.1) is 17.1 Å². The summed E-state index contributed by atoms with van der Waals surface area (Å²) in [6.45, 7) is 8.24. The molecular formula is C21H24FN3OS2. The van der Waals surface area contributed by atoms with E-state index in [9.17, 15) is 9.18 Å². The molecule has 4 rings (SSSR count). The molecule has 2 aliphatic rings. The summed E-state index contributed by atoms with van der Waals surface area (Å²) in [7, 11) is 0. The number of hydrogen-bond donors (Lipinski definition) is 2. The summed E-state index contributed by atoms with van der Waals surface area (Å²) in [6, 6.07) is 5.08. The predicted octanol–water partition coefficient (Wildman–Crippen LogP) is 5.62. The van der Waals surface area contributed by atoms with E-state index in [-0.39, 0.29) is 16.1 Å². The van der Waals surface area contributed by atoms with E-state index < -0.39 is 0 Å². The fraction of sp³-hybridized carbons (Fsp3) is 0.381. The monoisotopic (exact) mass is 417 g/mol. The van der Waals surface area contributed by atoms with E-state index in [1.54, 1.807) is 36.7 Å². The minimum absolute atomic E-state index is 0.0159. The molecule has 0 spiro atoms. The third-order valence-electron chi connectivity index (χ3n) is 5.28. The average molecular weight is 418 g/mol. The lowest BCUT2D eigenvalue weighted by molar-refractivity contribution is 0.630. The highest BCUT2D eigenvalue weighted by Crippen LogP contribution is 2.53. The van der Waals surface area contributed by atoms with E-state index in [1.807, 2.05) is 23.6 Å². The zero-order valence-corrected chi connectivity index (χ0v) is 17.7. The highest BCUT2D eigenvalue weighted by Gasteiger charge is 2.43. The number of allylic oxidation sites excluding steroid dienone is 1. The van der Waals surface area contributed by atoms with Crippen molar-refractivity contribution in [2.75, 3.05) is 15.8 Å². The molecule has 1 aliphatic heterocycles. The number of hydrogen-bond acceptors (Lipinski definition) is 5. The molecule has 2 N–H and O–H groups in total. The van der Waals surface area contributed by atoms with Gasteiger partial charge in [0.2, 0.25) is 0 Å². The largest absolute Gasteiger partial charge is 0.351 e. The number of anilines is 3. The molecule has 0 atom stereocenters. The number of nitrogens with zero attached hydrogens (tertiary/aromatic N) is 1. The Labute approximate surface area is 173 Å². The minimum atomic E-state index is -0.323. The van der Waals surface area contributed by atoms with Crippen molar-refractivity contribution in [2.24, 2.45) is 0 Å². The van der Waals surface area contributed by atoms with Gasteiger partial charge in [0, 0.05) is 22.6 Å². The molecule has 2 aromatic rings. The lowest BCUT2D eigenvalue weighted by Gasteiger charge is -2.22. The second-order valence-corrected chi connectivity index (χ2v) is 9.83. The lowest BCUT2D eigenvalue weighted by Crippen LogP contribution is -2.24. The van der Waals surface area contributed by atoms with Crippen molar-refractivity contribution < 1.29 is 4.39 Å². The number of aryl methyl sites for hydroxylation is 1. The maximum Gasteiger partial charge on any atom is 0.256 e. The Morgan fingerprint density at radius 3 is 2.82 bits per heavy atom. The van der Waals surface area contributed by atoms with Crippen molar-refractivity contribution in [3.05, 3.63) is 58.2 Å². The Morgan fingerprint density at radius 2 is 2.14 bits per heavy atom. The highest BCUT2D eigenvalue weighted by molar-refractivity contribution is 8.02. The maximum absolute atomic E-state index is 14.5. The van der Waals surface area contributed by atoms with Gasteiger partial charge in [-0.25, -0.2) is 4.39 Å². The van der Waals surface area contributed by atoms with Crippen molar-refractivity contribution in [3.8, 4) is 0 Å². The Morgan fingerprint density at radius 1 is 1.36 bits per heavy atom. The van der Waals surface area contributed by atoms with Crippen LogP contribution in [0.3, 0.4) is 0 Å². The summed E-state index contributed by atoms with van der Waals surface area (Å²) < 4.78 is 20.0. The molecule has 1 aromatic heterocycles. The Hall–Kier alpha value is -1.86. The molecule has 1 aromatic carbocycles. The van der Waals surface area contributed by atoms with Crippen LogP contribution in [-0.4, -0.2) is 15.1 Å². The van der Waals surface area contributed by atoms with Crippen molar-refractivity contribution >= 4 is 40.8 Å². The topological polar surface area (TPSA) is 46.1 Å². The third-order valence-corrected chi connectivity index (χ3v) is 7.68. The fourth-order valence-corrected chi connectivity index (χ4v) is 5.62. The van der Waals surface area contributed by atoms with Gasteiger partial charge in [0.15, 0.2) is 0 Å². The van der Waals surface area contributed by atoms with Gasteiger partial charge < -0.3 is 14.6 Å². The molecule has 2 heterocycles. The second kappa shape index (κ2) is 7.52. The van der Waals surface area contributed by atoms with Crippen LogP contribution in [0, 0.1) is 19.7 Å². The molecular weight excluding hydrogens is 393 g/mol. The zero-order chi connectivity index (χ0) is 19.9. The number of fused-ring (bicyclic) bond motifs is 1. The van der Waals surface area contributed by atoms with E-state index in [0.29, 0.717) is 23.5 Å². The maximum atomic E-state index is 14.5. The number of benzene rings is 1. The van der Waals surface area contributed by atoms with Gasteiger partial charge in [0.1, 0.15) is 10.8 Å². The molecule has 0 radical (unpaired) electrons. The van der Waals surface area contributed by atoms with Gasteiger partial charge in [0.25, 0.3) is 5.56 Å². The van der Waals surface area contributed by atoms with Crippen molar-refractivity contribution in [1.82, 2.24) is 4.57 Å². The number of aromatic nitrogens is 1. The molecule has 4 nitrogen and oxygen atoms in total. The van der Waals surface area contributed by atoms with Crippen LogP contribution in [0.2, 0.25) is 0 Å². The van der Waals surface area contributed by atoms with Crippen LogP contribution in [0.5, 0.6) is 0 Å². The van der Waals surface area contributed by atoms with E-state index in [1.165, 1.54) is 6.07 Å². The molecule has 1 saturated carbocycles. The van der Waals surface area contributed by atoms with Crippen LogP contribution in [0.4, 0.5) is 21.5 Å². The van der Waals surface area contributed by atoms with Crippen molar-refractivity contribution in [1.29, 1.82) is 0 Å². The summed E-state index contributed by atoms with van der Waals surface area (Å²) in [5.74, 6) is 0.547. The van der Waals surface area contributed by atoms with Gasteiger partial charge in [-0.2, -0.15) is 0 Å². The average Bonchev–Trinajstić information content (AvgIpc) is 3.24. The summed E-state index contributed by atoms with van der Waals surface area (Å²) in [5.41, 5.74) is 3.36. The van der Waals surface area contributed by atoms with E-state index in [0.717, 1.165) is 41.3 Å². The number of halogens is 1. The van der Waals surface area contributed by atoms with E-state index in [4.69, 9.17) is 0 Å². The third kappa shape index (κ3) is 3.57. The van der Waals surface area contributed by atoms with Gasteiger partial charge in [-0.3, -0.25) is 4.79 Å². The molecule has 1 fully saturated rings. The number of pyridine rings is 1. The first-order valence-corrected chi connectivity index (χ1v) is 11.2. The number of rotatable bonds is 7. The van der Waals surface area contributed by atoms with Crippen LogP contribution in [-0.2, 0) is 6.54 Å². The molecule has 1 aliphatic carbocycles. The van der Waals surface area contributed by atoms with Crippen molar-refractivity contribution in [2.45, 2.75) is 49.4 Å². The van der Waals surface area contributed by atoms with E-state index >= 15 is 0 Å². The molecule has 28 heavy (non-hydrogen) atoms. The minimum Gasteiger partial charge on any atom is -0.351 e. The zero-order valence-electron chi connectivity index (χ0n) is 16.1. The molecule has 0 amide bonds. The highest BCUT2D eigenvalue weighted by atomic mass is 32.2. The van der Waals surface area contributed by atoms with Crippen molar-refractivity contribution in [3.63, 3.8) is 0 Å². The number of nitrogens with one attached hydrogen (secondary N) is 2. The normalized spacial score (nSPS) is 16.5. The first kappa shape index (κ1) is 19.5. The second-order valence-electron chi connectivity index (χ2n) is 7.47. The lowest BCUT2D eigenvalue weighted by atomic mass is 10.1. The fourth-order valence-electron chi connectivity index (χ4n) is 3.43. The van der Waals surface area contributed by atoms with Crippen LogP contribution in [0.25, 0.3) is 0 Å². The standard InChI is InChI=1S/C21H24FN3OS2/c1-4-7-21(8-9-21)28-24-18-17(23-16-6-5-13(2)12-15(16)22)14(3)19(26)25-10-11-27-20(18)25/h4-6,12,23-24H,1,7-11H2,2-3H3. The molecule has 0 unspecified atom stereocenters. The summed E-state index contributed by atoms with van der Waals surface area (Å²) >= 11 is 3.36. The van der Waals surface area contributed by atoms with Gasteiger partial charge >= 0.3 is 0 Å². The summed E-state index contributed by atoms with van der Waals surface area (Å²) in [5, 5.41) is 4.12. The smallest absolute Gasteiger partial charge is 0.256 e. The van der Waals surface area contributed by atoms with Crippen LogP contribution in [0.15, 0.2) is 40.7 Å². The van der Waals surface area contributed by atoms with Gasteiger partial charge in [-0.15, -0.1) is 18.3 Å². The Balaban J connectivity index is 1.74. The molecule has 0 saturated heterocycles. The van der Waals surface area contributed by atoms with Gasteiger partial charge in [-0.05, 0) is 62.8 Å². The summed E-state index contributed by atoms with van der Waals surface area (Å²) in [4.78, 5) is 12.8. The first-order valence-electron chi connectivity index (χ1n) is 9.42. The quantitative estimate of drug-likeness (QED) is 0.452. The van der Waals surface area contributed by atoms with Crippen LogP contribution >= 0.6 is 23.7 Å². The molecule has 0 bridgehead atoms. The summed E-state index contributed by atoms with van der Waals surface area (Å²) in [6.07, 6.45) is 5.20.